The lowest BCUT2D eigenvalue weighted by molar-refractivity contribution is -0.00351. The van der Waals surface area contributed by atoms with E-state index in [0.717, 1.165) is 0 Å². The van der Waals surface area contributed by atoms with Crippen LogP contribution in [-0.4, -0.2) is 34.9 Å². The van der Waals surface area contributed by atoms with Crippen LogP contribution < -0.4 is 10.9 Å². The van der Waals surface area contributed by atoms with Gasteiger partial charge in [0, 0.05) is 7.05 Å². The molecule has 17 heavy (non-hydrogen) atoms. The third-order valence-corrected chi connectivity index (χ3v) is 2.93. The molecule has 6 heteroatoms. The van der Waals surface area contributed by atoms with Crippen LogP contribution in [0.2, 0.25) is 0 Å². The van der Waals surface area contributed by atoms with Gasteiger partial charge in [-0.3, -0.25) is 9.59 Å². The van der Waals surface area contributed by atoms with Crippen molar-refractivity contribution in [3.05, 3.63) is 27.2 Å². The fourth-order valence-corrected chi connectivity index (χ4v) is 1.69. The van der Waals surface area contributed by atoms with Crippen molar-refractivity contribution in [3.8, 4) is 0 Å². The average molecular weight is 237 g/mol. The molecule has 1 N–H and O–H groups in total. The number of amides is 1. The van der Waals surface area contributed by atoms with Crippen molar-refractivity contribution < 1.29 is 9.53 Å². The molecule has 1 aliphatic rings. The third kappa shape index (κ3) is 2.08. The number of aromatic nitrogens is 2. The van der Waals surface area contributed by atoms with E-state index in [0.29, 0.717) is 24.5 Å². The van der Waals surface area contributed by atoms with Gasteiger partial charge in [-0.2, -0.15) is 5.10 Å². The molecule has 0 spiro atoms. The minimum absolute atomic E-state index is 0.0140. The molecule has 0 atom stereocenters. The van der Waals surface area contributed by atoms with Crippen LogP contribution in [0.15, 0.2) is 4.79 Å². The molecule has 1 aliphatic heterocycles. The van der Waals surface area contributed by atoms with E-state index >= 15 is 0 Å². The number of nitrogens with one attached hydrogen (secondary N) is 1. The first-order valence-electron chi connectivity index (χ1n) is 5.44. The standard InChI is InChI=1S/C11H15N3O3/c1-6-7(2)13-14(3)11(16)9(6)10(15)12-8-4-17-5-8/h8H,4-5H2,1-3H3,(H,12,15). The minimum atomic E-state index is -0.370. The van der Waals surface area contributed by atoms with Gasteiger partial charge in [0.25, 0.3) is 11.5 Å². The van der Waals surface area contributed by atoms with Gasteiger partial charge in [0.2, 0.25) is 0 Å². The second kappa shape index (κ2) is 4.29. The molecule has 0 bridgehead atoms. The fraction of sp³-hybridized carbons (Fsp3) is 0.545. The van der Waals surface area contributed by atoms with E-state index < -0.39 is 0 Å². The lowest BCUT2D eigenvalue weighted by atomic mass is 10.1. The van der Waals surface area contributed by atoms with Crippen LogP contribution in [0, 0.1) is 13.8 Å². The van der Waals surface area contributed by atoms with Crippen molar-refractivity contribution >= 4 is 5.91 Å². The molecule has 1 fully saturated rings. The molecule has 1 amide bonds. The van der Waals surface area contributed by atoms with Gasteiger partial charge < -0.3 is 10.1 Å². The van der Waals surface area contributed by atoms with Crippen molar-refractivity contribution in [2.75, 3.05) is 13.2 Å². The van der Waals surface area contributed by atoms with Crippen LogP contribution in [-0.2, 0) is 11.8 Å². The van der Waals surface area contributed by atoms with Crippen molar-refractivity contribution in [1.29, 1.82) is 0 Å². The number of ether oxygens (including phenoxy) is 1. The summed E-state index contributed by atoms with van der Waals surface area (Å²) in [7, 11) is 1.54. The molecule has 2 heterocycles. The summed E-state index contributed by atoms with van der Waals surface area (Å²) in [5.41, 5.74) is 1.12. The number of nitrogens with zero attached hydrogens (tertiary/aromatic N) is 2. The summed E-state index contributed by atoms with van der Waals surface area (Å²) >= 11 is 0. The first-order chi connectivity index (χ1) is 8.00. The Kier molecular flexibility index (Phi) is 2.97. The van der Waals surface area contributed by atoms with Crippen molar-refractivity contribution in [2.24, 2.45) is 7.05 Å². The van der Waals surface area contributed by atoms with E-state index in [1.807, 2.05) is 0 Å². The molecule has 0 saturated carbocycles. The molecule has 92 valence electrons. The molecular formula is C11H15N3O3. The van der Waals surface area contributed by atoms with Gasteiger partial charge >= 0.3 is 0 Å². The van der Waals surface area contributed by atoms with Crippen LogP contribution in [0.5, 0.6) is 0 Å². The van der Waals surface area contributed by atoms with E-state index in [-0.39, 0.29) is 23.1 Å². The van der Waals surface area contributed by atoms with Gasteiger partial charge in [-0.1, -0.05) is 0 Å². The molecule has 2 rings (SSSR count). The second-order valence-corrected chi connectivity index (χ2v) is 4.22. The van der Waals surface area contributed by atoms with Crippen molar-refractivity contribution in [3.63, 3.8) is 0 Å². The molecular weight excluding hydrogens is 222 g/mol. The maximum atomic E-state index is 12.0. The second-order valence-electron chi connectivity index (χ2n) is 4.22. The molecule has 0 aliphatic carbocycles. The summed E-state index contributed by atoms with van der Waals surface area (Å²) in [5.74, 6) is -0.345. The zero-order chi connectivity index (χ0) is 12.6. The summed E-state index contributed by atoms with van der Waals surface area (Å²) in [6.07, 6.45) is 0. The van der Waals surface area contributed by atoms with Crippen LogP contribution in [0.1, 0.15) is 21.6 Å². The van der Waals surface area contributed by atoms with E-state index in [4.69, 9.17) is 4.74 Å². The smallest absolute Gasteiger partial charge is 0.279 e. The highest BCUT2D eigenvalue weighted by Gasteiger charge is 2.24. The van der Waals surface area contributed by atoms with Gasteiger partial charge in [-0.05, 0) is 19.4 Å². The molecule has 6 nitrogen and oxygen atoms in total. The van der Waals surface area contributed by atoms with Crippen LogP contribution >= 0.6 is 0 Å². The predicted molar refractivity (Wildman–Crippen MR) is 61.0 cm³/mol. The highest BCUT2D eigenvalue weighted by Crippen LogP contribution is 2.07. The number of carbonyl (C=O) groups excluding carboxylic acids is 1. The quantitative estimate of drug-likeness (QED) is 0.754. The van der Waals surface area contributed by atoms with Crippen molar-refractivity contribution in [1.82, 2.24) is 15.1 Å². The Morgan fingerprint density at radius 1 is 1.47 bits per heavy atom. The highest BCUT2D eigenvalue weighted by molar-refractivity contribution is 5.95. The largest absolute Gasteiger partial charge is 0.377 e. The number of carbonyl (C=O) groups is 1. The van der Waals surface area contributed by atoms with Gasteiger partial charge in [0.1, 0.15) is 5.56 Å². The number of rotatable bonds is 2. The van der Waals surface area contributed by atoms with Crippen molar-refractivity contribution in [2.45, 2.75) is 19.9 Å². The lowest BCUT2D eigenvalue weighted by Gasteiger charge is -2.27. The lowest BCUT2D eigenvalue weighted by Crippen LogP contribution is -2.50. The summed E-state index contributed by atoms with van der Waals surface area (Å²) in [4.78, 5) is 23.9. The van der Waals surface area contributed by atoms with E-state index in [1.165, 1.54) is 11.7 Å². The van der Waals surface area contributed by atoms with Crippen LogP contribution in [0.4, 0.5) is 0 Å². The summed E-state index contributed by atoms with van der Waals surface area (Å²) in [6, 6.07) is 0.0140. The summed E-state index contributed by atoms with van der Waals surface area (Å²) < 4.78 is 6.16. The normalized spacial score (nSPS) is 15.5. The predicted octanol–water partition coefficient (Wildman–Crippen LogP) is -0.474. The maximum Gasteiger partial charge on any atom is 0.279 e. The van der Waals surface area contributed by atoms with Crippen LogP contribution in [0.3, 0.4) is 0 Å². The Hall–Kier alpha value is -1.69. The first kappa shape index (κ1) is 11.8. The van der Waals surface area contributed by atoms with Crippen LogP contribution in [0.25, 0.3) is 0 Å². The van der Waals surface area contributed by atoms with E-state index in [9.17, 15) is 9.59 Å². The zero-order valence-electron chi connectivity index (χ0n) is 10.1. The van der Waals surface area contributed by atoms with Gasteiger partial charge in [-0.15, -0.1) is 0 Å². The summed E-state index contributed by atoms with van der Waals surface area (Å²) in [6.45, 7) is 4.53. The molecule has 0 radical (unpaired) electrons. The zero-order valence-corrected chi connectivity index (χ0v) is 10.1. The molecule has 1 aromatic rings. The average Bonchev–Trinajstić information content (AvgIpc) is 2.21. The Morgan fingerprint density at radius 2 is 2.12 bits per heavy atom. The number of hydrogen-bond acceptors (Lipinski definition) is 4. The minimum Gasteiger partial charge on any atom is -0.377 e. The molecule has 0 unspecified atom stereocenters. The fourth-order valence-electron chi connectivity index (χ4n) is 1.69. The molecule has 1 aromatic heterocycles. The topological polar surface area (TPSA) is 73.2 Å². The summed E-state index contributed by atoms with van der Waals surface area (Å²) in [5, 5.41) is 6.79. The Morgan fingerprint density at radius 3 is 2.65 bits per heavy atom. The Balaban J connectivity index is 2.36. The van der Waals surface area contributed by atoms with E-state index in [1.54, 1.807) is 13.8 Å². The van der Waals surface area contributed by atoms with Gasteiger partial charge in [-0.25, -0.2) is 4.68 Å². The Labute approximate surface area is 98.6 Å². The van der Waals surface area contributed by atoms with Gasteiger partial charge in [0.05, 0.1) is 24.9 Å². The van der Waals surface area contributed by atoms with Gasteiger partial charge in [0.15, 0.2) is 0 Å². The number of aryl methyl sites for hydroxylation is 2. The number of hydrogen-bond donors (Lipinski definition) is 1. The van der Waals surface area contributed by atoms with E-state index in [2.05, 4.69) is 10.4 Å². The Bertz CT molecular complexity index is 517. The maximum absolute atomic E-state index is 12.0. The highest BCUT2D eigenvalue weighted by atomic mass is 16.5. The SMILES string of the molecule is Cc1nn(C)c(=O)c(C(=O)NC2COC2)c1C. The molecule has 0 aromatic carbocycles. The first-order valence-corrected chi connectivity index (χ1v) is 5.44. The monoisotopic (exact) mass is 237 g/mol. The third-order valence-electron chi connectivity index (χ3n) is 2.93. The molecule has 1 saturated heterocycles.